The molecule has 0 aliphatic rings. The molecular weight excluding hydrogens is 374 g/mol. The van der Waals surface area contributed by atoms with Crippen LogP contribution >= 0.6 is 0 Å². The van der Waals surface area contributed by atoms with Crippen molar-refractivity contribution < 1.29 is 22.0 Å². The van der Waals surface area contributed by atoms with Crippen LogP contribution in [0.4, 0.5) is 20.2 Å². The lowest BCUT2D eigenvalue weighted by atomic mass is 10.1. The minimum absolute atomic E-state index is 0.00632. The zero-order valence-corrected chi connectivity index (χ0v) is 16.2. The van der Waals surface area contributed by atoms with Gasteiger partial charge < -0.3 is 5.32 Å². The predicted molar refractivity (Wildman–Crippen MR) is 102 cm³/mol. The monoisotopic (exact) mass is 396 g/mol. The minimum Gasteiger partial charge on any atom is -0.324 e. The molecule has 1 N–H and O–H groups in total. The lowest BCUT2D eigenvalue weighted by Crippen LogP contribution is -2.31. The summed E-state index contributed by atoms with van der Waals surface area (Å²) in [5.74, 6) is -2.08. The Balaban J connectivity index is 2.02. The number of hydrogen-bond acceptors (Lipinski definition) is 3. The number of carbonyl (C=O) groups excluding carboxylic acids is 1. The van der Waals surface area contributed by atoms with E-state index in [0.717, 1.165) is 29.5 Å². The third kappa shape index (κ3) is 6.02. The van der Waals surface area contributed by atoms with Crippen LogP contribution in [-0.4, -0.2) is 27.1 Å². The van der Waals surface area contributed by atoms with Crippen LogP contribution in [-0.2, 0) is 14.8 Å². The zero-order valence-electron chi connectivity index (χ0n) is 15.4. The van der Waals surface area contributed by atoms with E-state index in [9.17, 15) is 22.0 Å². The van der Waals surface area contributed by atoms with Gasteiger partial charge >= 0.3 is 0 Å². The van der Waals surface area contributed by atoms with E-state index in [1.54, 1.807) is 12.1 Å². The van der Waals surface area contributed by atoms with Crippen LogP contribution in [0.25, 0.3) is 0 Å². The van der Waals surface area contributed by atoms with Gasteiger partial charge in [0.2, 0.25) is 15.9 Å². The summed E-state index contributed by atoms with van der Waals surface area (Å²) in [5.41, 5.74) is 2.29. The molecule has 146 valence electrons. The van der Waals surface area contributed by atoms with Crippen LogP contribution in [0.5, 0.6) is 0 Å². The topological polar surface area (TPSA) is 66.5 Å². The molecular formula is C19H22F2N2O3S. The number of amides is 1. The molecule has 2 aromatic rings. The summed E-state index contributed by atoms with van der Waals surface area (Å²) in [5, 5.41) is 2.36. The van der Waals surface area contributed by atoms with Gasteiger partial charge in [-0.25, -0.2) is 17.2 Å². The summed E-state index contributed by atoms with van der Waals surface area (Å²) in [4.78, 5) is 12.0. The average molecular weight is 396 g/mol. The van der Waals surface area contributed by atoms with Crippen molar-refractivity contribution in [1.82, 2.24) is 0 Å². The Bertz CT molecular complexity index is 926. The standard InChI is InChI=1S/C19H22F2N2O3S/c1-13-9-14(2)11-16(10-13)23(27(3,25)26)8-4-5-19(24)22-18-7-6-15(20)12-17(18)21/h6-7,9-12H,4-5,8H2,1-3H3,(H,22,24). The van der Waals surface area contributed by atoms with Gasteiger partial charge in [-0.05, 0) is 55.7 Å². The normalized spacial score (nSPS) is 11.3. The fraction of sp³-hybridized carbons (Fsp3) is 0.316. The minimum atomic E-state index is -3.52. The van der Waals surface area contributed by atoms with Crippen molar-refractivity contribution in [2.75, 3.05) is 22.4 Å². The molecule has 0 aromatic heterocycles. The second-order valence-corrected chi connectivity index (χ2v) is 8.36. The Kier molecular flexibility index (Phi) is 6.54. The fourth-order valence-corrected chi connectivity index (χ4v) is 3.72. The van der Waals surface area contributed by atoms with Crippen molar-refractivity contribution in [1.29, 1.82) is 0 Å². The van der Waals surface area contributed by atoms with Crippen molar-refractivity contribution in [2.24, 2.45) is 0 Å². The van der Waals surface area contributed by atoms with E-state index in [1.165, 1.54) is 4.31 Å². The van der Waals surface area contributed by atoms with Crippen LogP contribution < -0.4 is 9.62 Å². The third-order valence-corrected chi connectivity index (χ3v) is 5.06. The van der Waals surface area contributed by atoms with Crippen molar-refractivity contribution >= 4 is 27.3 Å². The van der Waals surface area contributed by atoms with Gasteiger partial charge in [0.25, 0.3) is 0 Å². The number of nitrogens with zero attached hydrogens (tertiary/aromatic N) is 1. The zero-order chi connectivity index (χ0) is 20.2. The Morgan fingerprint density at radius 1 is 1.07 bits per heavy atom. The van der Waals surface area contributed by atoms with Gasteiger partial charge in [-0.1, -0.05) is 6.07 Å². The number of rotatable bonds is 7. The summed E-state index contributed by atoms with van der Waals surface area (Å²) in [6, 6.07) is 8.34. The van der Waals surface area contributed by atoms with E-state index in [2.05, 4.69) is 5.32 Å². The van der Waals surface area contributed by atoms with E-state index >= 15 is 0 Å². The molecule has 0 atom stereocenters. The van der Waals surface area contributed by atoms with E-state index in [0.29, 0.717) is 11.8 Å². The number of halogens is 2. The maximum absolute atomic E-state index is 13.6. The first-order valence-corrected chi connectivity index (χ1v) is 10.2. The molecule has 2 aromatic carbocycles. The van der Waals surface area contributed by atoms with Gasteiger partial charge in [-0.2, -0.15) is 0 Å². The SMILES string of the molecule is Cc1cc(C)cc(N(CCCC(=O)Nc2ccc(F)cc2F)S(C)(=O)=O)c1. The van der Waals surface area contributed by atoms with Crippen molar-refractivity contribution in [3.8, 4) is 0 Å². The lowest BCUT2D eigenvalue weighted by molar-refractivity contribution is -0.116. The van der Waals surface area contributed by atoms with Gasteiger partial charge in [0.15, 0.2) is 0 Å². The number of sulfonamides is 1. The summed E-state index contributed by atoms with van der Waals surface area (Å²) >= 11 is 0. The van der Waals surface area contributed by atoms with Gasteiger partial charge in [0, 0.05) is 19.0 Å². The molecule has 0 saturated heterocycles. The lowest BCUT2D eigenvalue weighted by Gasteiger charge is -2.23. The first kappa shape index (κ1) is 20.8. The number of anilines is 2. The molecule has 8 heteroatoms. The molecule has 0 fully saturated rings. The Labute approximate surface area is 158 Å². The Morgan fingerprint density at radius 2 is 1.70 bits per heavy atom. The number of carbonyl (C=O) groups is 1. The third-order valence-electron chi connectivity index (χ3n) is 3.87. The Morgan fingerprint density at radius 3 is 2.26 bits per heavy atom. The van der Waals surface area contributed by atoms with Gasteiger partial charge in [-0.3, -0.25) is 9.10 Å². The molecule has 27 heavy (non-hydrogen) atoms. The van der Waals surface area contributed by atoms with Gasteiger partial charge in [-0.15, -0.1) is 0 Å². The molecule has 0 unspecified atom stereocenters. The molecule has 2 rings (SSSR count). The first-order chi connectivity index (χ1) is 12.6. The van der Waals surface area contributed by atoms with Crippen molar-refractivity contribution in [3.05, 3.63) is 59.2 Å². The first-order valence-electron chi connectivity index (χ1n) is 8.37. The number of nitrogens with one attached hydrogen (secondary N) is 1. The number of benzene rings is 2. The number of hydrogen-bond donors (Lipinski definition) is 1. The highest BCUT2D eigenvalue weighted by Gasteiger charge is 2.18. The largest absolute Gasteiger partial charge is 0.324 e. The molecule has 0 bridgehead atoms. The van der Waals surface area contributed by atoms with Crippen LogP contribution in [0, 0.1) is 25.5 Å². The van der Waals surface area contributed by atoms with Crippen LogP contribution in [0.2, 0.25) is 0 Å². The molecule has 0 heterocycles. The highest BCUT2D eigenvalue weighted by molar-refractivity contribution is 7.92. The highest BCUT2D eigenvalue weighted by Crippen LogP contribution is 2.22. The smallest absolute Gasteiger partial charge is 0.232 e. The molecule has 5 nitrogen and oxygen atoms in total. The van der Waals surface area contributed by atoms with E-state index in [-0.39, 0.29) is 25.1 Å². The quantitative estimate of drug-likeness (QED) is 0.775. The second kappa shape index (κ2) is 8.47. The van der Waals surface area contributed by atoms with Gasteiger partial charge in [0.1, 0.15) is 11.6 Å². The molecule has 0 aliphatic heterocycles. The van der Waals surface area contributed by atoms with Crippen LogP contribution in [0.15, 0.2) is 36.4 Å². The summed E-state index contributed by atoms with van der Waals surface area (Å²) < 4.78 is 52.0. The fourth-order valence-electron chi connectivity index (χ4n) is 2.77. The maximum Gasteiger partial charge on any atom is 0.232 e. The van der Waals surface area contributed by atoms with Gasteiger partial charge in [0.05, 0.1) is 17.6 Å². The predicted octanol–water partition coefficient (Wildman–Crippen LogP) is 3.77. The molecule has 1 amide bonds. The van der Waals surface area contributed by atoms with Crippen LogP contribution in [0.3, 0.4) is 0 Å². The summed E-state index contributed by atoms with van der Waals surface area (Å²) in [6.07, 6.45) is 1.35. The average Bonchev–Trinajstić information content (AvgIpc) is 2.52. The second-order valence-electron chi connectivity index (χ2n) is 6.46. The van der Waals surface area contributed by atoms with E-state index in [1.807, 2.05) is 19.9 Å². The molecule has 0 spiro atoms. The summed E-state index contributed by atoms with van der Waals surface area (Å²) in [7, 11) is -3.52. The highest BCUT2D eigenvalue weighted by atomic mass is 32.2. The molecule has 0 aliphatic carbocycles. The van der Waals surface area contributed by atoms with Crippen LogP contribution in [0.1, 0.15) is 24.0 Å². The van der Waals surface area contributed by atoms with E-state index < -0.39 is 27.6 Å². The number of aryl methyl sites for hydroxylation is 2. The molecule has 0 saturated carbocycles. The molecule has 0 radical (unpaired) electrons. The maximum atomic E-state index is 13.6. The Hall–Kier alpha value is -2.48. The van der Waals surface area contributed by atoms with E-state index in [4.69, 9.17) is 0 Å². The summed E-state index contributed by atoms with van der Waals surface area (Å²) in [6.45, 7) is 3.87. The van der Waals surface area contributed by atoms with Crippen molar-refractivity contribution in [2.45, 2.75) is 26.7 Å². The van der Waals surface area contributed by atoms with Crippen molar-refractivity contribution in [3.63, 3.8) is 0 Å².